The fraction of sp³-hybridized carbons (Fsp3) is 0.240. The minimum atomic E-state index is -3.00. The standard InChI is InChI=1S/C25H23F2N3O5/c1-4-34-23(32)18-17(14-10-12-16(13-11-14)35-24(26)27)19-21(29(2)25(33)30(3)22(19)31)28-20(18)15-8-6-5-7-9-15/h5-13,17,24,28H,4H2,1-3H3/t17-/m0/s1. The molecular formula is C25H23F2N3O5. The molecule has 1 N–H and O–H groups in total. The summed E-state index contributed by atoms with van der Waals surface area (Å²) in [5.41, 5.74) is 0.634. The van der Waals surface area contributed by atoms with Crippen LogP contribution in [0.25, 0.3) is 5.70 Å². The zero-order valence-electron chi connectivity index (χ0n) is 19.2. The molecule has 4 rings (SSSR count). The molecule has 0 spiro atoms. The minimum Gasteiger partial charge on any atom is -0.463 e. The highest BCUT2D eigenvalue weighted by molar-refractivity contribution is 6.04. The number of rotatable bonds is 6. The Morgan fingerprint density at radius 1 is 1.03 bits per heavy atom. The lowest BCUT2D eigenvalue weighted by atomic mass is 9.81. The van der Waals surface area contributed by atoms with Gasteiger partial charge in [-0.15, -0.1) is 0 Å². The zero-order valence-corrected chi connectivity index (χ0v) is 19.2. The average molecular weight is 483 g/mol. The molecule has 0 unspecified atom stereocenters. The number of anilines is 1. The van der Waals surface area contributed by atoms with Gasteiger partial charge in [-0.05, 0) is 30.2 Å². The summed E-state index contributed by atoms with van der Waals surface area (Å²) in [7, 11) is 2.87. The number of alkyl halides is 2. The second-order valence-electron chi connectivity index (χ2n) is 7.85. The second-order valence-corrected chi connectivity index (χ2v) is 7.85. The van der Waals surface area contributed by atoms with E-state index in [-0.39, 0.29) is 29.3 Å². The van der Waals surface area contributed by atoms with Gasteiger partial charge < -0.3 is 14.8 Å². The van der Waals surface area contributed by atoms with Crippen molar-refractivity contribution in [1.29, 1.82) is 0 Å². The van der Waals surface area contributed by atoms with Crippen molar-refractivity contribution in [3.05, 3.63) is 97.7 Å². The Balaban J connectivity index is 2.05. The van der Waals surface area contributed by atoms with Crippen molar-refractivity contribution in [3.8, 4) is 5.75 Å². The molecular weight excluding hydrogens is 460 g/mol. The number of ether oxygens (including phenoxy) is 2. The lowest BCUT2D eigenvalue weighted by Gasteiger charge is -2.32. The smallest absolute Gasteiger partial charge is 0.387 e. The summed E-state index contributed by atoms with van der Waals surface area (Å²) >= 11 is 0. The van der Waals surface area contributed by atoms with E-state index in [4.69, 9.17) is 4.74 Å². The SMILES string of the molecule is CCOC(=O)C1=C(c2ccccc2)Nc2c(c(=O)n(C)c(=O)n2C)[C@H]1c1ccc(OC(F)F)cc1. The number of benzene rings is 2. The Bertz CT molecular complexity index is 1410. The van der Waals surface area contributed by atoms with Crippen molar-refractivity contribution in [3.63, 3.8) is 0 Å². The van der Waals surface area contributed by atoms with Crippen molar-refractivity contribution in [1.82, 2.24) is 9.13 Å². The van der Waals surface area contributed by atoms with Crippen molar-refractivity contribution >= 4 is 17.5 Å². The Hall–Kier alpha value is -4.21. The molecule has 1 aliphatic rings. The van der Waals surface area contributed by atoms with Crippen LogP contribution >= 0.6 is 0 Å². The van der Waals surface area contributed by atoms with E-state index >= 15 is 0 Å². The van der Waals surface area contributed by atoms with Gasteiger partial charge in [0.05, 0.1) is 29.4 Å². The van der Waals surface area contributed by atoms with Crippen LogP contribution in [0.4, 0.5) is 14.6 Å². The Labute approximate surface area is 199 Å². The average Bonchev–Trinajstić information content (AvgIpc) is 2.85. The number of carbonyl (C=O) groups is 1. The van der Waals surface area contributed by atoms with Gasteiger partial charge in [-0.3, -0.25) is 13.9 Å². The highest BCUT2D eigenvalue weighted by atomic mass is 19.3. The fourth-order valence-corrected chi connectivity index (χ4v) is 4.19. The van der Waals surface area contributed by atoms with E-state index in [2.05, 4.69) is 10.1 Å². The van der Waals surface area contributed by atoms with Gasteiger partial charge in [0, 0.05) is 14.1 Å². The Morgan fingerprint density at radius 2 is 1.69 bits per heavy atom. The summed E-state index contributed by atoms with van der Waals surface area (Å²) in [6, 6.07) is 14.6. The van der Waals surface area contributed by atoms with E-state index < -0.39 is 29.7 Å². The summed E-state index contributed by atoms with van der Waals surface area (Å²) in [4.78, 5) is 39.4. The number of esters is 1. The van der Waals surface area contributed by atoms with Crippen LogP contribution in [-0.2, 0) is 23.6 Å². The van der Waals surface area contributed by atoms with Gasteiger partial charge in [-0.2, -0.15) is 8.78 Å². The van der Waals surface area contributed by atoms with Gasteiger partial charge >= 0.3 is 18.3 Å². The van der Waals surface area contributed by atoms with Crippen LogP contribution in [0.5, 0.6) is 5.75 Å². The molecule has 1 aromatic heterocycles. The van der Waals surface area contributed by atoms with Gasteiger partial charge in [0.25, 0.3) is 5.56 Å². The largest absolute Gasteiger partial charge is 0.463 e. The van der Waals surface area contributed by atoms with E-state index in [0.717, 1.165) is 4.57 Å². The topological polar surface area (TPSA) is 91.6 Å². The fourth-order valence-electron chi connectivity index (χ4n) is 4.19. The van der Waals surface area contributed by atoms with Gasteiger partial charge in [-0.1, -0.05) is 42.5 Å². The molecule has 3 aromatic rings. The van der Waals surface area contributed by atoms with Crippen molar-refractivity contribution in [2.45, 2.75) is 19.5 Å². The lowest BCUT2D eigenvalue weighted by Crippen LogP contribution is -2.43. The number of fused-ring (bicyclic) bond motifs is 1. The number of hydrogen-bond acceptors (Lipinski definition) is 6. The van der Waals surface area contributed by atoms with Crippen LogP contribution in [0.3, 0.4) is 0 Å². The number of nitrogens with one attached hydrogen (secondary N) is 1. The van der Waals surface area contributed by atoms with E-state index in [9.17, 15) is 23.2 Å². The number of hydrogen-bond donors (Lipinski definition) is 1. The van der Waals surface area contributed by atoms with Crippen LogP contribution in [0.15, 0.2) is 69.8 Å². The summed E-state index contributed by atoms with van der Waals surface area (Å²) < 4.78 is 37.4. The highest BCUT2D eigenvalue weighted by Gasteiger charge is 2.39. The van der Waals surface area contributed by atoms with Crippen LogP contribution in [0.2, 0.25) is 0 Å². The number of halogens is 2. The van der Waals surface area contributed by atoms with Crippen LogP contribution in [-0.4, -0.2) is 28.3 Å². The van der Waals surface area contributed by atoms with Crippen LogP contribution in [0, 0.1) is 0 Å². The first kappa shape index (κ1) is 23.9. The third-order valence-electron chi connectivity index (χ3n) is 5.79. The molecule has 2 aromatic carbocycles. The van der Waals surface area contributed by atoms with E-state index in [1.54, 1.807) is 31.2 Å². The summed E-state index contributed by atoms with van der Waals surface area (Å²) in [6.45, 7) is -1.24. The molecule has 0 saturated carbocycles. The van der Waals surface area contributed by atoms with Crippen molar-refractivity contribution < 1.29 is 23.0 Å². The van der Waals surface area contributed by atoms with Gasteiger partial charge in [0.1, 0.15) is 11.6 Å². The molecule has 10 heteroatoms. The first-order valence-electron chi connectivity index (χ1n) is 10.8. The van der Waals surface area contributed by atoms with Gasteiger partial charge in [0.15, 0.2) is 0 Å². The predicted octanol–water partition coefficient (Wildman–Crippen LogP) is 3.22. The molecule has 0 fully saturated rings. The summed E-state index contributed by atoms with van der Waals surface area (Å²) in [5, 5.41) is 3.12. The molecule has 0 bridgehead atoms. The molecule has 0 saturated heterocycles. The van der Waals surface area contributed by atoms with Gasteiger partial charge in [-0.25, -0.2) is 9.59 Å². The molecule has 1 aliphatic heterocycles. The normalized spacial score (nSPS) is 15.0. The summed E-state index contributed by atoms with van der Waals surface area (Å²) in [5.74, 6) is -1.45. The van der Waals surface area contributed by atoms with Gasteiger partial charge in [0.2, 0.25) is 0 Å². The maximum atomic E-state index is 13.4. The molecule has 0 aliphatic carbocycles. The molecule has 182 valence electrons. The quantitative estimate of drug-likeness (QED) is 0.542. The van der Waals surface area contributed by atoms with E-state index in [0.29, 0.717) is 16.8 Å². The van der Waals surface area contributed by atoms with Crippen molar-refractivity contribution in [2.24, 2.45) is 14.1 Å². The lowest BCUT2D eigenvalue weighted by molar-refractivity contribution is -0.138. The maximum absolute atomic E-state index is 13.4. The minimum absolute atomic E-state index is 0.0729. The van der Waals surface area contributed by atoms with Crippen LogP contribution < -0.4 is 21.3 Å². The predicted molar refractivity (Wildman–Crippen MR) is 125 cm³/mol. The third-order valence-corrected chi connectivity index (χ3v) is 5.79. The first-order valence-corrected chi connectivity index (χ1v) is 10.8. The van der Waals surface area contributed by atoms with E-state index in [1.165, 1.54) is 42.9 Å². The summed E-state index contributed by atoms with van der Waals surface area (Å²) in [6.07, 6.45) is 0. The van der Waals surface area contributed by atoms with Crippen LogP contribution in [0.1, 0.15) is 29.5 Å². The molecule has 0 radical (unpaired) electrons. The highest BCUT2D eigenvalue weighted by Crippen LogP contribution is 2.43. The Morgan fingerprint density at radius 3 is 2.29 bits per heavy atom. The molecule has 2 heterocycles. The van der Waals surface area contributed by atoms with Crippen molar-refractivity contribution in [2.75, 3.05) is 11.9 Å². The molecule has 1 atom stereocenters. The monoisotopic (exact) mass is 483 g/mol. The number of carbonyl (C=O) groups excluding carboxylic acids is 1. The molecule has 8 nitrogen and oxygen atoms in total. The first-order chi connectivity index (χ1) is 16.7. The zero-order chi connectivity index (χ0) is 25.3. The number of nitrogens with zero attached hydrogens (tertiary/aromatic N) is 2. The third kappa shape index (κ3) is 4.34. The molecule has 35 heavy (non-hydrogen) atoms. The maximum Gasteiger partial charge on any atom is 0.387 e. The van der Waals surface area contributed by atoms with E-state index in [1.807, 2.05) is 6.07 Å². The molecule has 0 amide bonds. The number of aromatic nitrogens is 2. The Kier molecular flexibility index (Phi) is 6.54. The second kappa shape index (κ2) is 9.57.